The van der Waals surface area contributed by atoms with Gasteiger partial charge in [-0.3, -0.25) is 4.79 Å². The number of amides is 1. The van der Waals surface area contributed by atoms with Gasteiger partial charge in [0.1, 0.15) is 5.75 Å². The monoisotopic (exact) mass is 368 g/mol. The Morgan fingerprint density at radius 1 is 1.00 bits per heavy atom. The number of aryl methyl sites for hydroxylation is 2. The number of hydrogen-bond donors (Lipinski definition) is 1. The van der Waals surface area contributed by atoms with Crippen molar-refractivity contribution in [2.24, 2.45) is 0 Å². The second-order valence-corrected chi connectivity index (χ2v) is 6.82. The molecule has 0 aliphatic heterocycles. The molecule has 1 N–H and O–H groups in total. The number of carbonyl (C=O) groups is 1. The van der Waals surface area contributed by atoms with Crippen molar-refractivity contribution in [1.29, 1.82) is 0 Å². The summed E-state index contributed by atoms with van der Waals surface area (Å²) in [5, 5.41) is 3.00. The molecule has 4 heteroatoms. The maximum Gasteiger partial charge on any atom is 0.261 e. The van der Waals surface area contributed by atoms with E-state index in [0.29, 0.717) is 13.0 Å². The summed E-state index contributed by atoms with van der Waals surface area (Å²) in [6, 6.07) is 14.3. The molecule has 2 aromatic carbocycles. The Hall–Kier alpha value is -2.49. The van der Waals surface area contributed by atoms with Crippen LogP contribution in [0.4, 0.5) is 5.69 Å². The lowest BCUT2D eigenvalue weighted by Gasteiger charge is -2.21. The molecule has 27 heavy (non-hydrogen) atoms. The van der Waals surface area contributed by atoms with Gasteiger partial charge in [0.2, 0.25) is 0 Å². The third-order valence-electron chi connectivity index (χ3n) is 4.95. The number of nitrogens with one attached hydrogen (secondary N) is 1. The van der Waals surface area contributed by atoms with Crippen LogP contribution < -0.4 is 15.0 Å². The van der Waals surface area contributed by atoms with Crippen LogP contribution in [0.1, 0.15) is 43.9 Å². The zero-order chi connectivity index (χ0) is 19.8. The van der Waals surface area contributed by atoms with E-state index in [1.54, 1.807) is 0 Å². The minimum atomic E-state index is -0.484. The van der Waals surface area contributed by atoms with Crippen LogP contribution in [0.25, 0.3) is 0 Å². The molecule has 0 aromatic heterocycles. The van der Waals surface area contributed by atoms with Gasteiger partial charge in [-0.05, 0) is 75.1 Å². The quantitative estimate of drug-likeness (QED) is 0.702. The number of nitrogens with zero attached hydrogens (tertiary/aromatic N) is 1. The molecule has 1 amide bonds. The van der Waals surface area contributed by atoms with Crippen molar-refractivity contribution in [1.82, 2.24) is 5.32 Å². The predicted molar refractivity (Wildman–Crippen MR) is 112 cm³/mol. The lowest BCUT2D eigenvalue weighted by atomic mass is 10.1. The summed E-state index contributed by atoms with van der Waals surface area (Å²) in [6.45, 7) is 12.9. The van der Waals surface area contributed by atoms with Crippen LogP contribution in [0.5, 0.6) is 5.75 Å². The number of ether oxygens (including phenoxy) is 1. The second kappa shape index (κ2) is 10.0. The second-order valence-electron chi connectivity index (χ2n) is 6.82. The molecule has 0 aliphatic carbocycles. The molecule has 0 spiro atoms. The van der Waals surface area contributed by atoms with E-state index >= 15 is 0 Å². The van der Waals surface area contributed by atoms with Crippen molar-refractivity contribution in [2.75, 3.05) is 18.0 Å². The molecule has 146 valence electrons. The van der Waals surface area contributed by atoms with Crippen LogP contribution >= 0.6 is 0 Å². The molecule has 0 heterocycles. The molecular formula is C23H32N2O2. The topological polar surface area (TPSA) is 41.6 Å². The number of carbonyl (C=O) groups excluding carboxylic acids is 1. The van der Waals surface area contributed by atoms with E-state index in [9.17, 15) is 4.79 Å². The zero-order valence-corrected chi connectivity index (χ0v) is 17.2. The minimum Gasteiger partial charge on any atom is -0.481 e. The summed E-state index contributed by atoms with van der Waals surface area (Å²) in [6.07, 6.45) is 0.140. The third kappa shape index (κ3) is 5.75. The minimum absolute atomic E-state index is 0.0800. The summed E-state index contributed by atoms with van der Waals surface area (Å²) < 4.78 is 5.91. The molecule has 0 bridgehead atoms. The number of hydrogen-bond acceptors (Lipinski definition) is 3. The molecule has 0 saturated carbocycles. The fraction of sp³-hybridized carbons (Fsp3) is 0.435. The Morgan fingerprint density at radius 2 is 1.67 bits per heavy atom. The van der Waals surface area contributed by atoms with Gasteiger partial charge in [0.05, 0.1) is 0 Å². The van der Waals surface area contributed by atoms with Gasteiger partial charge in [-0.1, -0.05) is 25.1 Å². The van der Waals surface area contributed by atoms with Gasteiger partial charge >= 0.3 is 0 Å². The maximum absolute atomic E-state index is 12.5. The SMILES string of the molecule is CC[C@H](Oc1ccc(C)c(C)c1)C(=O)NCc1ccc(N(CC)CC)cc1. The lowest BCUT2D eigenvalue weighted by Crippen LogP contribution is -2.37. The Labute approximate surface area is 163 Å². The molecule has 0 fully saturated rings. The highest BCUT2D eigenvalue weighted by atomic mass is 16.5. The van der Waals surface area contributed by atoms with E-state index in [1.165, 1.54) is 11.3 Å². The van der Waals surface area contributed by atoms with Gasteiger partial charge in [-0.25, -0.2) is 0 Å². The van der Waals surface area contributed by atoms with E-state index in [0.717, 1.165) is 30.0 Å². The van der Waals surface area contributed by atoms with E-state index in [-0.39, 0.29) is 5.91 Å². The fourth-order valence-electron chi connectivity index (χ4n) is 2.99. The summed E-state index contributed by atoms with van der Waals surface area (Å²) in [7, 11) is 0. The third-order valence-corrected chi connectivity index (χ3v) is 4.95. The summed E-state index contributed by atoms with van der Waals surface area (Å²) in [4.78, 5) is 14.8. The highest BCUT2D eigenvalue weighted by Crippen LogP contribution is 2.19. The fourth-order valence-corrected chi connectivity index (χ4v) is 2.99. The molecule has 0 radical (unpaired) electrons. The smallest absolute Gasteiger partial charge is 0.261 e. The van der Waals surface area contributed by atoms with Gasteiger partial charge < -0.3 is 15.0 Å². The number of benzene rings is 2. The Kier molecular flexibility index (Phi) is 7.71. The van der Waals surface area contributed by atoms with Crippen molar-refractivity contribution >= 4 is 11.6 Å². The maximum atomic E-state index is 12.5. The highest BCUT2D eigenvalue weighted by molar-refractivity contribution is 5.81. The molecule has 2 aromatic rings. The van der Waals surface area contributed by atoms with E-state index < -0.39 is 6.10 Å². The Bertz CT molecular complexity index is 737. The number of anilines is 1. The first kappa shape index (κ1) is 20.8. The van der Waals surface area contributed by atoms with Crippen molar-refractivity contribution in [3.05, 3.63) is 59.2 Å². The van der Waals surface area contributed by atoms with Crippen molar-refractivity contribution in [2.45, 2.75) is 53.7 Å². The van der Waals surface area contributed by atoms with Crippen molar-refractivity contribution < 1.29 is 9.53 Å². The highest BCUT2D eigenvalue weighted by Gasteiger charge is 2.18. The average molecular weight is 369 g/mol. The predicted octanol–water partition coefficient (Wildman–Crippen LogP) is 4.62. The van der Waals surface area contributed by atoms with Crippen LogP contribution in [0.2, 0.25) is 0 Å². The summed E-state index contributed by atoms with van der Waals surface area (Å²) in [5.74, 6) is 0.659. The van der Waals surface area contributed by atoms with Crippen LogP contribution in [0.15, 0.2) is 42.5 Å². The average Bonchev–Trinajstić information content (AvgIpc) is 2.68. The van der Waals surface area contributed by atoms with Crippen LogP contribution in [-0.2, 0) is 11.3 Å². The van der Waals surface area contributed by atoms with E-state index in [4.69, 9.17) is 4.74 Å². The van der Waals surface area contributed by atoms with Gasteiger partial charge in [0.25, 0.3) is 5.91 Å². The molecule has 0 unspecified atom stereocenters. The Balaban J connectivity index is 1.93. The summed E-state index contributed by atoms with van der Waals surface area (Å²) >= 11 is 0. The first-order chi connectivity index (χ1) is 13.0. The molecule has 0 aliphatic rings. The first-order valence-corrected chi connectivity index (χ1v) is 9.83. The molecule has 0 saturated heterocycles. The molecule has 1 atom stereocenters. The first-order valence-electron chi connectivity index (χ1n) is 9.83. The van der Waals surface area contributed by atoms with Gasteiger partial charge in [0.15, 0.2) is 6.10 Å². The van der Waals surface area contributed by atoms with Gasteiger partial charge in [-0.15, -0.1) is 0 Å². The Morgan fingerprint density at radius 3 is 2.22 bits per heavy atom. The van der Waals surface area contributed by atoms with Crippen LogP contribution in [0, 0.1) is 13.8 Å². The standard InChI is InChI=1S/C23H32N2O2/c1-6-22(27-21-14-9-17(4)18(5)15-21)23(26)24-16-19-10-12-20(13-11-19)25(7-2)8-3/h9-15,22H,6-8,16H2,1-5H3,(H,24,26)/t22-/m0/s1. The zero-order valence-electron chi connectivity index (χ0n) is 17.2. The largest absolute Gasteiger partial charge is 0.481 e. The van der Waals surface area contributed by atoms with Crippen molar-refractivity contribution in [3.8, 4) is 5.75 Å². The van der Waals surface area contributed by atoms with Crippen LogP contribution in [-0.4, -0.2) is 25.1 Å². The van der Waals surface area contributed by atoms with E-state index in [1.807, 2.05) is 32.0 Å². The van der Waals surface area contributed by atoms with Gasteiger partial charge in [-0.2, -0.15) is 0 Å². The van der Waals surface area contributed by atoms with Crippen LogP contribution in [0.3, 0.4) is 0 Å². The number of rotatable bonds is 9. The lowest BCUT2D eigenvalue weighted by molar-refractivity contribution is -0.128. The van der Waals surface area contributed by atoms with Crippen molar-refractivity contribution in [3.63, 3.8) is 0 Å². The summed E-state index contributed by atoms with van der Waals surface area (Å²) in [5.41, 5.74) is 4.67. The normalized spacial score (nSPS) is 11.7. The van der Waals surface area contributed by atoms with E-state index in [2.05, 4.69) is 55.3 Å². The molecular weight excluding hydrogens is 336 g/mol. The molecule has 2 rings (SSSR count). The molecule has 4 nitrogen and oxygen atoms in total. The van der Waals surface area contributed by atoms with Gasteiger partial charge in [0, 0.05) is 25.3 Å².